The number of fused-ring (bicyclic) bond motifs is 1. The molecule has 0 aliphatic rings. The van der Waals surface area contributed by atoms with Crippen molar-refractivity contribution in [2.24, 2.45) is 0 Å². The molecule has 0 spiro atoms. The Labute approximate surface area is 133 Å². The molecule has 0 unspecified atom stereocenters. The van der Waals surface area contributed by atoms with Crippen LogP contribution in [0.2, 0.25) is 5.02 Å². The first-order chi connectivity index (χ1) is 10.2. The lowest BCUT2D eigenvalue weighted by Crippen LogP contribution is -2.07. The summed E-state index contributed by atoms with van der Waals surface area (Å²) >= 11 is 11.9. The Bertz CT molecular complexity index is 771. The lowest BCUT2D eigenvalue weighted by molar-refractivity contribution is 0.659. The zero-order valence-electron chi connectivity index (χ0n) is 12.0. The molecule has 2 aromatic heterocycles. The van der Waals surface area contributed by atoms with Crippen LogP contribution in [0, 0.1) is 6.92 Å². The molecule has 0 bridgehead atoms. The lowest BCUT2D eigenvalue weighted by Gasteiger charge is -2.10. The second-order valence-electron chi connectivity index (χ2n) is 4.85. The molecule has 0 N–H and O–H groups in total. The van der Waals surface area contributed by atoms with Gasteiger partial charge in [-0.1, -0.05) is 11.6 Å². The Morgan fingerprint density at radius 2 is 1.90 bits per heavy atom. The standard InChI is InChI=1S/C15H16Cl2N4/c1-3-20-15-14(10(2)19-20)18-13(8-9-16)21(15)12-6-4-11(17)5-7-12/h4-7H,3,8-9H2,1-2H3. The van der Waals surface area contributed by atoms with E-state index in [9.17, 15) is 0 Å². The number of rotatable bonds is 4. The molecule has 0 radical (unpaired) electrons. The molecule has 0 aliphatic carbocycles. The van der Waals surface area contributed by atoms with Crippen molar-refractivity contribution in [3.8, 4) is 5.69 Å². The Hall–Kier alpha value is -1.52. The van der Waals surface area contributed by atoms with Crippen LogP contribution in [0.3, 0.4) is 0 Å². The van der Waals surface area contributed by atoms with Gasteiger partial charge < -0.3 is 0 Å². The van der Waals surface area contributed by atoms with Crippen LogP contribution in [0.4, 0.5) is 0 Å². The van der Waals surface area contributed by atoms with Crippen LogP contribution in [0.25, 0.3) is 16.9 Å². The molecule has 3 aromatic rings. The molecule has 0 aliphatic heterocycles. The topological polar surface area (TPSA) is 35.6 Å². The first-order valence-electron chi connectivity index (χ1n) is 6.92. The number of benzene rings is 1. The molecule has 1 aromatic carbocycles. The van der Waals surface area contributed by atoms with Crippen LogP contribution in [-0.4, -0.2) is 25.2 Å². The first-order valence-corrected chi connectivity index (χ1v) is 7.83. The third-order valence-corrected chi connectivity index (χ3v) is 3.92. The molecule has 0 amide bonds. The summed E-state index contributed by atoms with van der Waals surface area (Å²) in [6, 6.07) is 7.74. The van der Waals surface area contributed by atoms with E-state index in [0.717, 1.165) is 34.9 Å². The molecule has 21 heavy (non-hydrogen) atoms. The van der Waals surface area contributed by atoms with Gasteiger partial charge >= 0.3 is 0 Å². The van der Waals surface area contributed by atoms with Gasteiger partial charge in [-0.15, -0.1) is 11.6 Å². The van der Waals surface area contributed by atoms with E-state index in [1.54, 1.807) is 0 Å². The lowest BCUT2D eigenvalue weighted by atomic mass is 10.3. The number of aromatic nitrogens is 4. The summed E-state index contributed by atoms with van der Waals surface area (Å²) in [5.41, 5.74) is 3.91. The minimum absolute atomic E-state index is 0.534. The van der Waals surface area contributed by atoms with Gasteiger partial charge in [0, 0.05) is 29.6 Å². The molecule has 3 rings (SSSR count). The van der Waals surface area contributed by atoms with Crippen molar-refractivity contribution in [3.05, 3.63) is 40.8 Å². The number of alkyl halides is 1. The first kappa shape index (κ1) is 14.4. The van der Waals surface area contributed by atoms with E-state index in [-0.39, 0.29) is 0 Å². The predicted molar refractivity (Wildman–Crippen MR) is 86.7 cm³/mol. The predicted octanol–water partition coefficient (Wildman–Crippen LogP) is 3.99. The Morgan fingerprint density at radius 3 is 2.52 bits per heavy atom. The average molecular weight is 323 g/mol. The molecule has 0 atom stereocenters. The van der Waals surface area contributed by atoms with Crippen LogP contribution in [0.15, 0.2) is 24.3 Å². The van der Waals surface area contributed by atoms with Gasteiger partial charge in [0.2, 0.25) is 0 Å². The monoisotopic (exact) mass is 322 g/mol. The van der Waals surface area contributed by atoms with Crippen molar-refractivity contribution in [2.75, 3.05) is 5.88 Å². The fourth-order valence-electron chi connectivity index (χ4n) is 2.55. The van der Waals surface area contributed by atoms with Gasteiger partial charge in [-0.05, 0) is 38.1 Å². The van der Waals surface area contributed by atoms with Gasteiger partial charge in [-0.3, -0.25) is 4.57 Å². The molecule has 6 heteroatoms. The SMILES string of the molecule is CCn1nc(C)c2nc(CCCl)n(-c3ccc(Cl)cc3)c21. The Morgan fingerprint density at radius 1 is 1.19 bits per heavy atom. The van der Waals surface area contributed by atoms with Crippen molar-refractivity contribution in [1.82, 2.24) is 19.3 Å². The quantitative estimate of drug-likeness (QED) is 0.681. The van der Waals surface area contributed by atoms with Crippen molar-refractivity contribution >= 4 is 34.4 Å². The van der Waals surface area contributed by atoms with Crippen molar-refractivity contribution in [2.45, 2.75) is 26.8 Å². The van der Waals surface area contributed by atoms with Crippen molar-refractivity contribution in [3.63, 3.8) is 0 Å². The van der Waals surface area contributed by atoms with Crippen LogP contribution in [-0.2, 0) is 13.0 Å². The van der Waals surface area contributed by atoms with E-state index >= 15 is 0 Å². The van der Waals surface area contributed by atoms with Gasteiger partial charge in [0.15, 0.2) is 5.65 Å². The maximum absolute atomic E-state index is 5.99. The van der Waals surface area contributed by atoms with E-state index in [4.69, 9.17) is 28.2 Å². The average Bonchev–Trinajstić information content (AvgIpc) is 2.98. The van der Waals surface area contributed by atoms with E-state index in [0.29, 0.717) is 17.3 Å². The van der Waals surface area contributed by atoms with Crippen molar-refractivity contribution in [1.29, 1.82) is 0 Å². The zero-order valence-corrected chi connectivity index (χ0v) is 13.5. The molecule has 2 heterocycles. The zero-order chi connectivity index (χ0) is 15.0. The minimum atomic E-state index is 0.534. The van der Waals surface area contributed by atoms with E-state index < -0.39 is 0 Å². The van der Waals surface area contributed by atoms with Crippen LogP contribution in [0.1, 0.15) is 18.4 Å². The third kappa shape index (κ3) is 2.43. The minimum Gasteiger partial charge on any atom is -0.281 e. The van der Waals surface area contributed by atoms with Gasteiger partial charge in [-0.25, -0.2) is 9.67 Å². The summed E-state index contributed by atoms with van der Waals surface area (Å²) < 4.78 is 4.10. The number of halogens is 2. The maximum atomic E-state index is 5.99. The van der Waals surface area contributed by atoms with Crippen LogP contribution < -0.4 is 0 Å². The number of aryl methyl sites for hydroxylation is 3. The van der Waals surface area contributed by atoms with E-state index in [2.05, 4.69) is 16.6 Å². The number of nitrogens with zero attached hydrogens (tertiary/aromatic N) is 4. The normalized spacial score (nSPS) is 11.4. The summed E-state index contributed by atoms with van der Waals surface area (Å²) in [6.07, 6.45) is 0.710. The number of hydrogen-bond acceptors (Lipinski definition) is 2. The summed E-state index contributed by atoms with van der Waals surface area (Å²) in [6.45, 7) is 4.86. The third-order valence-electron chi connectivity index (χ3n) is 3.48. The Balaban J connectivity index is 2.31. The van der Waals surface area contributed by atoms with Crippen molar-refractivity contribution < 1.29 is 0 Å². The van der Waals surface area contributed by atoms with Gasteiger partial charge in [0.05, 0.1) is 5.69 Å². The molecule has 0 saturated carbocycles. The molecule has 110 valence electrons. The number of hydrogen-bond donors (Lipinski definition) is 0. The summed E-state index contributed by atoms with van der Waals surface area (Å²) in [5, 5.41) is 5.26. The second-order valence-corrected chi connectivity index (χ2v) is 5.67. The van der Waals surface area contributed by atoms with Crippen LogP contribution >= 0.6 is 23.2 Å². The van der Waals surface area contributed by atoms with Crippen LogP contribution in [0.5, 0.6) is 0 Å². The summed E-state index contributed by atoms with van der Waals surface area (Å²) in [7, 11) is 0. The fourth-order valence-corrected chi connectivity index (χ4v) is 2.84. The van der Waals surface area contributed by atoms with Gasteiger partial charge in [-0.2, -0.15) is 5.10 Å². The smallest absolute Gasteiger partial charge is 0.163 e. The molecular formula is C15H16Cl2N4. The molecule has 0 saturated heterocycles. The summed E-state index contributed by atoms with van der Waals surface area (Å²) in [4.78, 5) is 4.73. The highest BCUT2D eigenvalue weighted by Gasteiger charge is 2.18. The van der Waals surface area contributed by atoms with E-state index in [1.807, 2.05) is 35.9 Å². The van der Waals surface area contributed by atoms with Gasteiger partial charge in [0.1, 0.15) is 11.3 Å². The highest BCUT2D eigenvalue weighted by molar-refractivity contribution is 6.30. The second kappa shape index (κ2) is 5.70. The maximum Gasteiger partial charge on any atom is 0.163 e. The number of imidazole rings is 1. The molecule has 4 nitrogen and oxygen atoms in total. The van der Waals surface area contributed by atoms with E-state index in [1.165, 1.54) is 0 Å². The highest BCUT2D eigenvalue weighted by Crippen LogP contribution is 2.25. The Kier molecular flexibility index (Phi) is 3.91. The molecule has 0 fully saturated rings. The summed E-state index contributed by atoms with van der Waals surface area (Å²) in [5.74, 6) is 1.48. The molecular weight excluding hydrogens is 307 g/mol. The van der Waals surface area contributed by atoms with Gasteiger partial charge in [0.25, 0.3) is 0 Å². The highest BCUT2D eigenvalue weighted by atomic mass is 35.5. The largest absolute Gasteiger partial charge is 0.281 e. The fraction of sp³-hybridized carbons (Fsp3) is 0.333.